The molecule has 0 heterocycles. The highest BCUT2D eigenvalue weighted by molar-refractivity contribution is 6.79. The van der Waals surface area contributed by atoms with E-state index in [0.29, 0.717) is 0 Å². The van der Waals surface area contributed by atoms with Crippen LogP contribution in [0.4, 0.5) is 0 Å². The van der Waals surface area contributed by atoms with E-state index < -0.39 is 8.32 Å². The molecule has 0 aliphatic carbocycles. The van der Waals surface area contributed by atoms with Gasteiger partial charge >= 0.3 is 0 Å². The first kappa shape index (κ1) is 12.6. The molecule has 0 aliphatic heterocycles. The maximum Gasteiger partial charge on any atom is 0.190 e. The average Bonchev–Trinajstić information content (AvgIpc) is 2.07. The second kappa shape index (κ2) is 4.74. The molecule has 0 spiro atoms. The van der Waals surface area contributed by atoms with E-state index in [2.05, 4.69) is 39.4 Å². The van der Waals surface area contributed by atoms with Crippen molar-refractivity contribution in [3.05, 3.63) is 38.0 Å². The van der Waals surface area contributed by atoms with E-state index >= 15 is 0 Å². The highest BCUT2D eigenvalue weighted by Gasteiger charge is 2.40. The van der Waals surface area contributed by atoms with Crippen molar-refractivity contribution in [1.82, 2.24) is 0 Å². The third-order valence-electron chi connectivity index (χ3n) is 2.56. The molecule has 0 atom stereocenters. The Morgan fingerprint density at radius 1 is 1.15 bits per heavy atom. The van der Waals surface area contributed by atoms with E-state index in [1.54, 1.807) is 0 Å². The highest BCUT2D eigenvalue weighted by Crippen LogP contribution is 2.42. The summed E-state index contributed by atoms with van der Waals surface area (Å²) in [5, 5.41) is -0.185. The standard InChI is InChI=1S/C10H20OSi2/c1-7-10(8-2,9-3)13(5,6)11-12-4/h7-9H,1-3,12H2,4-6H3. The molecule has 74 valence electrons. The fraction of sp³-hybridized carbons (Fsp3) is 0.400. The van der Waals surface area contributed by atoms with Gasteiger partial charge in [0.05, 0.1) is 0 Å². The molecule has 13 heavy (non-hydrogen) atoms. The van der Waals surface area contributed by atoms with Crippen molar-refractivity contribution in [2.24, 2.45) is 0 Å². The summed E-state index contributed by atoms with van der Waals surface area (Å²) in [6.07, 6.45) is 5.72. The van der Waals surface area contributed by atoms with Gasteiger partial charge in [0.2, 0.25) is 0 Å². The molecular weight excluding hydrogens is 192 g/mol. The van der Waals surface area contributed by atoms with Crippen molar-refractivity contribution < 1.29 is 4.12 Å². The predicted molar refractivity (Wildman–Crippen MR) is 66.3 cm³/mol. The van der Waals surface area contributed by atoms with Crippen LogP contribution >= 0.6 is 0 Å². The summed E-state index contributed by atoms with van der Waals surface area (Å²) >= 11 is 0. The van der Waals surface area contributed by atoms with Gasteiger partial charge in [-0.2, -0.15) is 0 Å². The lowest BCUT2D eigenvalue weighted by atomic mass is 10.1. The van der Waals surface area contributed by atoms with E-state index in [4.69, 9.17) is 4.12 Å². The van der Waals surface area contributed by atoms with Gasteiger partial charge in [0.25, 0.3) is 0 Å². The van der Waals surface area contributed by atoms with E-state index in [1.165, 1.54) is 0 Å². The van der Waals surface area contributed by atoms with Crippen molar-refractivity contribution in [3.8, 4) is 0 Å². The fourth-order valence-electron chi connectivity index (χ4n) is 1.47. The van der Waals surface area contributed by atoms with Gasteiger partial charge in [-0.1, -0.05) is 24.8 Å². The minimum Gasteiger partial charge on any atom is -0.460 e. The zero-order valence-corrected chi connectivity index (χ0v) is 11.4. The van der Waals surface area contributed by atoms with Gasteiger partial charge in [-0.25, -0.2) is 0 Å². The van der Waals surface area contributed by atoms with Gasteiger partial charge in [0.1, 0.15) is 9.76 Å². The largest absolute Gasteiger partial charge is 0.460 e. The van der Waals surface area contributed by atoms with Gasteiger partial charge in [-0.05, 0) is 13.1 Å². The monoisotopic (exact) mass is 212 g/mol. The molecule has 0 bridgehead atoms. The molecule has 0 fully saturated rings. The molecule has 0 unspecified atom stereocenters. The molecule has 0 amide bonds. The lowest BCUT2D eigenvalue weighted by molar-refractivity contribution is 0.569. The highest BCUT2D eigenvalue weighted by atomic mass is 28.4. The number of hydrogen-bond acceptors (Lipinski definition) is 1. The van der Waals surface area contributed by atoms with Gasteiger partial charge in [0, 0.05) is 5.04 Å². The Bertz CT molecular complexity index is 187. The van der Waals surface area contributed by atoms with Crippen LogP contribution in [0.3, 0.4) is 0 Å². The summed E-state index contributed by atoms with van der Waals surface area (Å²) in [4.78, 5) is 0. The zero-order valence-electron chi connectivity index (χ0n) is 8.97. The lowest BCUT2D eigenvalue weighted by Crippen LogP contribution is -2.43. The molecule has 0 radical (unpaired) electrons. The van der Waals surface area contributed by atoms with Gasteiger partial charge in [0.15, 0.2) is 8.32 Å². The summed E-state index contributed by atoms with van der Waals surface area (Å²) in [7, 11) is -2.16. The third kappa shape index (κ3) is 2.30. The number of hydrogen-bond donors (Lipinski definition) is 0. The van der Waals surface area contributed by atoms with Crippen molar-refractivity contribution in [2.75, 3.05) is 0 Å². The first-order valence-corrected chi connectivity index (χ1v) is 9.44. The minimum atomic E-state index is -1.78. The first-order valence-electron chi connectivity index (χ1n) is 4.54. The fourth-order valence-corrected chi connectivity index (χ4v) is 6.83. The average molecular weight is 212 g/mol. The van der Waals surface area contributed by atoms with Crippen LogP contribution in [-0.2, 0) is 4.12 Å². The second-order valence-corrected chi connectivity index (χ2v) is 9.11. The van der Waals surface area contributed by atoms with Crippen LogP contribution in [0.15, 0.2) is 38.0 Å². The predicted octanol–water partition coefficient (Wildman–Crippen LogP) is 2.64. The van der Waals surface area contributed by atoms with E-state index in [9.17, 15) is 0 Å². The van der Waals surface area contributed by atoms with E-state index in [1.807, 2.05) is 18.2 Å². The summed E-state index contributed by atoms with van der Waals surface area (Å²) in [6, 6.07) is 0. The number of rotatable bonds is 6. The topological polar surface area (TPSA) is 9.23 Å². The van der Waals surface area contributed by atoms with Crippen LogP contribution in [0.25, 0.3) is 0 Å². The molecule has 0 rings (SSSR count). The van der Waals surface area contributed by atoms with Crippen molar-refractivity contribution in [3.63, 3.8) is 0 Å². The molecule has 0 saturated heterocycles. The van der Waals surface area contributed by atoms with E-state index in [-0.39, 0.29) is 14.8 Å². The first-order chi connectivity index (χ1) is 5.99. The smallest absolute Gasteiger partial charge is 0.190 e. The summed E-state index contributed by atoms with van der Waals surface area (Å²) in [5.41, 5.74) is 0. The van der Waals surface area contributed by atoms with Crippen LogP contribution in [0.5, 0.6) is 0 Å². The molecule has 0 aromatic heterocycles. The Morgan fingerprint density at radius 2 is 1.54 bits per heavy atom. The van der Waals surface area contributed by atoms with Crippen LogP contribution in [0.2, 0.25) is 24.7 Å². The molecular formula is C10H20OSi2. The molecule has 0 saturated carbocycles. The van der Waals surface area contributed by atoms with Crippen molar-refractivity contribution in [1.29, 1.82) is 0 Å². The Balaban J connectivity index is 5.01. The third-order valence-corrected chi connectivity index (χ3v) is 9.30. The van der Waals surface area contributed by atoms with Crippen LogP contribution in [0.1, 0.15) is 0 Å². The van der Waals surface area contributed by atoms with Crippen molar-refractivity contribution in [2.45, 2.75) is 24.7 Å². The van der Waals surface area contributed by atoms with Crippen molar-refractivity contribution >= 4 is 18.1 Å². The summed E-state index contributed by atoms with van der Waals surface area (Å²) in [5.74, 6) is 0. The van der Waals surface area contributed by atoms with Crippen LogP contribution in [-0.4, -0.2) is 18.1 Å². The zero-order chi connectivity index (χ0) is 10.5. The van der Waals surface area contributed by atoms with Gasteiger partial charge in [-0.3, -0.25) is 0 Å². The maximum atomic E-state index is 5.93. The van der Waals surface area contributed by atoms with Gasteiger partial charge < -0.3 is 4.12 Å². The Hall–Kier alpha value is -0.386. The quantitative estimate of drug-likeness (QED) is 0.486. The Morgan fingerprint density at radius 3 is 1.77 bits per heavy atom. The summed E-state index contributed by atoms with van der Waals surface area (Å²) < 4.78 is 5.93. The molecule has 0 aromatic rings. The van der Waals surface area contributed by atoms with Gasteiger partial charge in [-0.15, -0.1) is 19.7 Å². The lowest BCUT2D eigenvalue weighted by Gasteiger charge is -2.38. The van der Waals surface area contributed by atoms with Crippen LogP contribution in [0, 0.1) is 0 Å². The SMILES string of the molecule is C=CC(C=C)(C=C)[Si](C)(C)O[SiH2]C. The molecule has 0 aromatic carbocycles. The summed E-state index contributed by atoms with van der Waals surface area (Å²) in [6.45, 7) is 18.1. The maximum absolute atomic E-state index is 5.93. The van der Waals surface area contributed by atoms with Crippen LogP contribution < -0.4 is 0 Å². The second-order valence-electron chi connectivity index (χ2n) is 3.49. The van der Waals surface area contributed by atoms with E-state index in [0.717, 1.165) is 0 Å². The molecule has 1 nitrogen and oxygen atoms in total. The normalized spacial score (nSPS) is 13.2. The minimum absolute atomic E-state index is 0.185. The Kier molecular flexibility index (Phi) is 4.60. The molecule has 3 heteroatoms. The molecule has 0 aliphatic rings. The number of allylic oxidation sites excluding steroid dienone is 3. The Labute approximate surface area is 85.3 Å². The molecule has 0 N–H and O–H groups in total.